The third-order valence-electron chi connectivity index (χ3n) is 1.95. The number of nitrogens with two attached hydrogens (primary N) is 1. The molecule has 5 heteroatoms. The highest BCUT2D eigenvalue weighted by molar-refractivity contribution is 7.91. The van der Waals surface area contributed by atoms with Crippen molar-refractivity contribution in [1.82, 2.24) is 5.43 Å². The van der Waals surface area contributed by atoms with E-state index in [1.807, 2.05) is 0 Å². The van der Waals surface area contributed by atoms with Gasteiger partial charge in [-0.1, -0.05) is 0 Å². The Bertz CT molecular complexity index is 300. The summed E-state index contributed by atoms with van der Waals surface area (Å²) in [7, 11) is -3.05. The van der Waals surface area contributed by atoms with Crippen LogP contribution in [0.3, 0.4) is 0 Å². The highest BCUT2D eigenvalue weighted by atomic mass is 32.2. The van der Waals surface area contributed by atoms with Crippen LogP contribution in [0.2, 0.25) is 0 Å². The molecule has 3 N–H and O–H groups in total. The van der Waals surface area contributed by atoms with E-state index in [0.29, 0.717) is 6.42 Å². The third-order valence-corrected chi connectivity index (χ3v) is 3.63. The Morgan fingerprint density at radius 1 is 1.54 bits per heavy atom. The zero-order valence-corrected chi connectivity index (χ0v) is 8.98. The van der Waals surface area contributed by atoms with Gasteiger partial charge >= 0.3 is 0 Å². The van der Waals surface area contributed by atoms with Gasteiger partial charge in [-0.3, -0.25) is 11.3 Å². The zero-order chi connectivity index (χ0) is 10.5. The van der Waals surface area contributed by atoms with Crippen LogP contribution in [-0.2, 0) is 9.84 Å². The second-order valence-corrected chi connectivity index (χ2v) is 5.34. The summed E-state index contributed by atoms with van der Waals surface area (Å²) in [6, 6.07) is -0.303. The molecule has 0 spiro atoms. The first-order chi connectivity index (χ1) is 5.93. The van der Waals surface area contributed by atoms with Gasteiger partial charge in [0, 0.05) is 18.7 Å². The Labute approximate surface area is 79.8 Å². The van der Waals surface area contributed by atoms with Gasteiger partial charge in [-0.2, -0.15) is 0 Å². The van der Waals surface area contributed by atoms with E-state index in [0.717, 1.165) is 0 Å². The van der Waals surface area contributed by atoms with Gasteiger partial charge < -0.3 is 0 Å². The van der Waals surface area contributed by atoms with Crippen molar-refractivity contribution in [2.24, 2.45) is 5.84 Å². The number of sulfone groups is 1. The van der Waals surface area contributed by atoms with Crippen molar-refractivity contribution in [3.05, 3.63) is 0 Å². The molecule has 0 aliphatic rings. The molecule has 0 saturated heterocycles. The van der Waals surface area contributed by atoms with Gasteiger partial charge in [0.15, 0.2) is 9.84 Å². The lowest BCUT2D eigenvalue weighted by Crippen LogP contribution is -2.45. The Balaban J connectivity index is 4.47. The van der Waals surface area contributed by atoms with Crippen molar-refractivity contribution in [2.45, 2.75) is 31.6 Å². The minimum Gasteiger partial charge on any atom is -0.271 e. The molecule has 0 heterocycles. The molecule has 0 aromatic rings. The molecule has 0 rings (SSSR count). The summed E-state index contributed by atoms with van der Waals surface area (Å²) in [5, 5.41) is -0.515. The molecule has 0 saturated carbocycles. The number of hydrogen-bond donors (Lipinski definition) is 2. The second-order valence-electron chi connectivity index (χ2n) is 2.94. The Morgan fingerprint density at radius 3 is 2.38 bits per heavy atom. The number of nitrogens with one attached hydrogen (secondary N) is 1. The first kappa shape index (κ1) is 12.4. The molecule has 0 radical (unpaired) electrons. The number of rotatable bonds is 4. The SMILES string of the molecule is CC#CCC(NN)C(C)S(C)(=O)=O. The van der Waals surface area contributed by atoms with E-state index in [9.17, 15) is 8.42 Å². The van der Waals surface area contributed by atoms with Gasteiger partial charge in [0.25, 0.3) is 0 Å². The molecule has 2 unspecified atom stereocenters. The second kappa shape index (κ2) is 5.22. The summed E-state index contributed by atoms with van der Waals surface area (Å²) < 4.78 is 22.3. The lowest BCUT2D eigenvalue weighted by Gasteiger charge is -2.19. The smallest absolute Gasteiger partial charge is 0.151 e. The minimum atomic E-state index is -3.05. The fourth-order valence-corrected chi connectivity index (χ4v) is 1.64. The summed E-state index contributed by atoms with van der Waals surface area (Å²) in [6.07, 6.45) is 1.64. The Morgan fingerprint density at radius 2 is 2.08 bits per heavy atom. The molecule has 0 aromatic heterocycles. The van der Waals surface area contributed by atoms with Gasteiger partial charge in [-0.25, -0.2) is 8.42 Å². The van der Waals surface area contributed by atoms with Gasteiger partial charge in [0.05, 0.1) is 5.25 Å². The first-order valence-electron chi connectivity index (χ1n) is 3.98. The maximum Gasteiger partial charge on any atom is 0.151 e. The van der Waals surface area contributed by atoms with Crippen molar-refractivity contribution >= 4 is 9.84 Å². The molecular formula is C8H16N2O2S. The van der Waals surface area contributed by atoms with Gasteiger partial charge in [0.2, 0.25) is 0 Å². The summed E-state index contributed by atoms with van der Waals surface area (Å²) >= 11 is 0. The topological polar surface area (TPSA) is 72.2 Å². The average Bonchev–Trinajstić information content (AvgIpc) is 2.04. The van der Waals surface area contributed by atoms with Crippen LogP contribution in [0.15, 0.2) is 0 Å². The maximum atomic E-state index is 11.2. The van der Waals surface area contributed by atoms with Crippen molar-refractivity contribution < 1.29 is 8.42 Å². The van der Waals surface area contributed by atoms with Gasteiger partial charge in [-0.05, 0) is 13.8 Å². The molecule has 0 aromatic carbocycles. The molecule has 13 heavy (non-hydrogen) atoms. The molecule has 0 aliphatic heterocycles. The van der Waals surface area contributed by atoms with E-state index < -0.39 is 15.1 Å². The molecule has 0 aliphatic carbocycles. The monoisotopic (exact) mass is 204 g/mol. The van der Waals surface area contributed by atoms with Crippen molar-refractivity contribution in [1.29, 1.82) is 0 Å². The van der Waals surface area contributed by atoms with E-state index in [1.54, 1.807) is 13.8 Å². The van der Waals surface area contributed by atoms with Gasteiger partial charge in [-0.15, -0.1) is 11.8 Å². The lowest BCUT2D eigenvalue weighted by molar-refractivity contribution is 0.504. The molecule has 4 nitrogen and oxygen atoms in total. The van der Waals surface area contributed by atoms with E-state index in [1.165, 1.54) is 6.26 Å². The zero-order valence-electron chi connectivity index (χ0n) is 8.16. The fourth-order valence-electron chi connectivity index (χ4n) is 0.871. The van der Waals surface area contributed by atoms with E-state index in [-0.39, 0.29) is 6.04 Å². The number of hydrazine groups is 1. The third kappa shape index (κ3) is 4.27. The minimum absolute atomic E-state index is 0.303. The predicted molar refractivity (Wildman–Crippen MR) is 53.5 cm³/mol. The van der Waals surface area contributed by atoms with Crippen molar-refractivity contribution in [2.75, 3.05) is 6.26 Å². The van der Waals surface area contributed by atoms with E-state index in [2.05, 4.69) is 17.3 Å². The molecule has 0 fully saturated rings. The normalized spacial score (nSPS) is 15.7. The molecule has 76 valence electrons. The molecule has 2 atom stereocenters. The largest absolute Gasteiger partial charge is 0.271 e. The van der Waals surface area contributed by atoms with Gasteiger partial charge in [0.1, 0.15) is 0 Å². The molecular weight excluding hydrogens is 188 g/mol. The average molecular weight is 204 g/mol. The summed E-state index contributed by atoms with van der Waals surface area (Å²) in [4.78, 5) is 0. The predicted octanol–water partition coefficient (Wildman–Crippen LogP) is -0.335. The van der Waals surface area contributed by atoms with Crippen LogP contribution in [-0.4, -0.2) is 26.0 Å². The summed E-state index contributed by atoms with van der Waals surface area (Å²) in [6.45, 7) is 3.33. The Hall–Kier alpha value is -0.570. The van der Waals surface area contributed by atoms with Crippen molar-refractivity contribution in [3.63, 3.8) is 0 Å². The van der Waals surface area contributed by atoms with E-state index >= 15 is 0 Å². The van der Waals surface area contributed by atoms with Crippen LogP contribution < -0.4 is 11.3 Å². The highest BCUT2D eigenvalue weighted by Crippen LogP contribution is 2.06. The van der Waals surface area contributed by atoms with E-state index in [4.69, 9.17) is 5.84 Å². The molecule has 0 bridgehead atoms. The lowest BCUT2D eigenvalue weighted by atomic mass is 10.1. The van der Waals surface area contributed by atoms with Crippen LogP contribution in [0.5, 0.6) is 0 Å². The van der Waals surface area contributed by atoms with Crippen molar-refractivity contribution in [3.8, 4) is 11.8 Å². The van der Waals surface area contributed by atoms with Crippen LogP contribution in [0.1, 0.15) is 20.3 Å². The quantitative estimate of drug-likeness (QED) is 0.373. The Kier molecular flexibility index (Phi) is 4.99. The summed E-state index contributed by atoms with van der Waals surface area (Å²) in [5.74, 6) is 10.7. The van der Waals surface area contributed by atoms with Crippen LogP contribution >= 0.6 is 0 Å². The van der Waals surface area contributed by atoms with Crippen LogP contribution in [0, 0.1) is 11.8 Å². The molecule has 0 amide bonds. The summed E-state index contributed by atoms with van der Waals surface area (Å²) in [5.41, 5.74) is 2.46. The first-order valence-corrected chi connectivity index (χ1v) is 5.93. The maximum absolute atomic E-state index is 11.2. The van der Waals surface area contributed by atoms with Crippen LogP contribution in [0.4, 0.5) is 0 Å². The standard InChI is InChI=1S/C8H16N2O2S/c1-4-5-6-8(10-9)7(2)13(3,11)12/h7-8,10H,6,9H2,1-3H3. The highest BCUT2D eigenvalue weighted by Gasteiger charge is 2.23. The number of hydrogen-bond acceptors (Lipinski definition) is 4. The van der Waals surface area contributed by atoms with Crippen LogP contribution in [0.25, 0.3) is 0 Å². The fraction of sp³-hybridized carbons (Fsp3) is 0.750.